The number of aromatic nitrogens is 2. The molecule has 0 unspecified atom stereocenters. The first-order valence-corrected chi connectivity index (χ1v) is 8.87. The predicted molar refractivity (Wildman–Crippen MR) is 98.2 cm³/mol. The predicted octanol–water partition coefficient (Wildman–Crippen LogP) is 3.59. The minimum Gasteiger partial charge on any atom is -0.370 e. The van der Waals surface area contributed by atoms with Crippen molar-refractivity contribution in [2.75, 3.05) is 31.1 Å². The van der Waals surface area contributed by atoms with Crippen molar-refractivity contribution in [3.63, 3.8) is 0 Å². The SMILES string of the molecule is Fc1ccc(N2CCCN(Cc3cc(-c4ccncc4)no3)CC2)cc1. The zero-order valence-corrected chi connectivity index (χ0v) is 14.5. The van der Waals surface area contributed by atoms with Gasteiger partial charge in [-0.3, -0.25) is 9.88 Å². The molecule has 26 heavy (non-hydrogen) atoms. The van der Waals surface area contributed by atoms with E-state index in [1.54, 1.807) is 12.4 Å². The van der Waals surface area contributed by atoms with Crippen molar-refractivity contribution >= 4 is 5.69 Å². The lowest BCUT2D eigenvalue weighted by Gasteiger charge is -2.23. The highest BCUT2D eigenvalue weighted by Gasteiger charge is 2.17. The molecule has 1 fully saturated rings. The van der Waals surface area contributed by atoms with Gasteiger partial charge in [0, 0.05) is 55.9 Å². The second kappa shape index (κ2) is 7.66. The van der Waals surface area contributed by atoms with E-state index in [9.17, 15) is 4.39 Å². The Bertz CT molecular complexity index is 835. The van der Waals surface area contributed by atoms with E-state index in [-0.39, 0.29) is 5.82 Å². The molecule has 0 amide bonds. The molecule has 0 atom stereocenters. The number of hydrogen-bond donors (Lipinski definition) is 0. The fourth-order valence-corrected chi connectivity index (χ4v) is 3.31. The maximum Gasteiger partial charge on any atom is 0.151 e. The molecule has 0 saturated carbocycles. The van der Waals surface area contributed by atoms with E-state index < -0.39 is 0 Å². The molecular formula is C20H21FN4O. The van der Waals surface area contributed by atoms with Crippen molar-refractivity contribution in [3.8, 4) is 11.3 Å². The number of rotatable bonds is 4. The average Bonchev–Trinajstić information content (AvgIpc) is 3.02. The molecule has 0 spiro atoms. The van der Waals surface area contributed by atoms with E-state index in [1.165, 1.54) is 12.1 Å². The molecular weight excluding hydrogens is 331 g/mol. The number of anilines is 1. The van der Waals surface area contributed by atoms with Gasteiger partial charge in [0.1, 0.15) is 11.5 Å². The molecule has 4 rings (SSSR count). The third-order valence-electron chi connectivity index (χ3n) is 4.69. The molecule has 0 bridgehead atoms. The number of nitrogens with zero attached hydrogens (tertiary/aromatic N) is 4. The van der Waals surface area contributed by atoms with Crippen LogP contribution >= 0.6 is 0 Å². The zero-order valence-electron chi connectivity index (χ0n) is 14.5. The monoisotopic (exact) mass is 352 g/mol. The molecule has 3 aromatic rings. The molecule has 1 aromatic carbocycles. The molecule has 1 aliphatic heterocycles. The molecule has 2 aromatic heterocycles. The Morgan fingerprint density at radius 3 is 2.58 bits per heavy atom. The number of pyridine rings is 1. The topological polar surface area (TPSA) is 45.4 Å². The van der Waals surface area contributed by atoms with Gasteiger partial charge in [0.15, 0.2) is 5.76 Å². The third kappa shape index (κ3) is 3.91. The summed E-state index contributed by atoms with van der Waals surface area (Å²) in [5.41, 5.74) is 2.92. The molecule has 134 valence electrons. The Labute approximate surface area is 152 Å². The molecule has 0 radical (unpaired) electrons. The Morgan fingerprint density at radius 1 is 0.962 bits per heavy atom. The highest BCUT2D eigenvalue weighted by molar-refractivity contribution is 5.57. The lowest BCUT2D eigenvalue weighted by atomic mass is 10.2. The van der Waals surface area contributed by atoms with E-state index in [4.69, 9.17) is 4.52 Å². The van der Waals surface area contributed by atoms with Crippen molar-refractivity contribution in [1.29, 1.82) is 0 Å². The average molecular weight is 352 g/mol. The summed E-state index contributed by atoms with van der Waals surface area (Å²) in [5, 5.41) is 4.17. The van der Waals surface area contributed by atoms with Gasteiger partial charge in [0.25, 0.3) is 0 Å². The molecule has 1 aliphatic rings. The highest BCUT2D eigenvalue weighted by Crippen LogP contribution is 2.21. The van der Waals surface area contributed by atoms with E-state index >= 15 is 0 Å². The van der Waals surface area contributed by atoms with Gasteiger partial charge in [-0.25, -0.2) is 4.39 Å². The lowest BCUT2D eigenvalue weighted by Crippen LogP contribution is -2.30. The van der Waals surface area contributed by atoms with Gasteiger partial charge in [-0.1, -0.05) is 5.16 Å². The molecule has 6 heteroatoms. The van der Waals surface area contributed by atoms with Crippen LogP contribution in [0.15, 0.2) is 59.4 Å². The summed E-state index contributed by atoms with van der Waals surface area (Å²) in [7, 11) is 0. The second-order valence-corrected chi connectivity index (χ2v) is 6.51. The van der Waals surface area contributed by atoms with Gasteiger partial charge >= 0.3 is 0 Å². The summed E-state index contributed by atoms with van der Waals surface area (Å²) < 4.78 is 18.6. The van der Waals surface area contributed by atoms with Crippen molar-refractivity contribution in [3.05, 3.63) is 66.4 Å². The maximum absolute atomic E-state index is 13.1. The van der Waals surface area contributed by atoms with Gasteiger partial charge in [0.2, 0.25) is 0 Å². The fourth-order valence-electron chi connectivity index (χ4n) is 3.31. The van der Waals surface area contributed by atoms with Crippen LogP contribution in [-0.4, -0.2) is 41.2 Å². The maximum atomic E-state index is 13.1. The second-order valence-electron chi connectivity index (χ2n) is 6.51. The van der Waals surface area contributed by atoms with Crippen LogP contribution in [0, 0.1) is 5.82 Å². The van der Waals surface area contributed by atoms with Crippen molar-refractivity contribution in [2.45, 2.75) is 13.0 Å². The van der Waals surface area contributed by atoms with Crippen LogP contribution in [-0.2, 0) is 6.54 Å². The van der Waals surface area contributed by atoms with Crippen LogP contribution in [0.5, 0.6) is 0 Å². The number of hydrogen-bond acceptors (Lipinski definition) is 5. The summed E-state index contributed by atoms with van der Waals surface area (Å²) in [6.45, 7) is 4.57. The smallest absolute Gasteiger partial charge is 0.151 e. The van der Waals surface area contributed by atoms with Gasteiger partial charge in [-0.05, 0) is 42.8 Å². The summed E-state index contributed by atoms with van der Waals surface area (Å²) >= 11 is 0. The zero-order chi connectivity index (χ0) is 17.8. The van der Waals surface area contributed by atoms with Crippen LogP contribution in [0.2, 0.25) is 0 Å². The van der Waals surface area contributed by atoms with Crippen LogP contribution in [0.3, 0.4) is 0 Å². The molecule has 3 heterocycles. The van der Waals surface area contributed by atoms with E-state index in [0.29, 0.717) is 0 Å². The first-order chi connectivity index (χ1) is 12.8. The molecule has 0 aliphatic carbocycles. The van der Waals surface area contributed by atoms with Gasteiger partial charge in [0.05, 0.1) is 6.54 Å². The Balaban J connectivity index is 1.38. The quantitative estimate of drug-likeness (QED) is 0.718. The van der Waals surface area contributed by atoms with Crippen molar-refractivity contribution in [2.24, 2.45) is 0 Å². The van der Waals surface area contributed by atoms with Crippen LogP contribution in [0.25, 0.3) is 11.3 Å². The minimum atomic E-state index is -0.194. The Kier molecular flexibility index (Phi) is 4.93. The standard InChI is InChI=1S/C20H21FN4O/c21-17-2-4-18(5-3-17)25-11-1-10-24(12-13-25)15-19-14-20(23-26-19)16-6-8-22-9-7-16/h2-9,14H,1,10-13,15H2. The normalized spacial score (nSPS) is 15.8. The van der Waals surface area contributed by atoms with Crippen molar-refractivity contribution < 1.29 is 8.91 Å². The Morgan fingerprint density at radius 2 is 1.77 bits per heavy atom. The van der Waals surface area contributed by atoms with Gasteiger partial charge in [-0.15, -0.1) is 0 Å². The lowest BCUT2D eigenvalue weighted by molar-refractivity contribution is 0.245. The van der Waals surface area contributed by atoms with Crippen LogP contribution in [0.1, 0.15) is 12.2 Å². The summed E-state index contributed by atoms with van der Waals surface area (Å²) in [4.78, 5) is 8.71. The van der Waals surface area contributed by atoms with E-state index in [0.717, 1.165) is 61.8 Å². The number of halogens is 1. The van der Waals surface area contributed by atoms with Gasteiger partial charge < -0.3 is 9.42 Å². The molecule has 1 saturated heterocycles. The summed E-state index contributed by atoms with van der Waals surface area (Å²) in [6, 6.07) is 12.6. The van der Waals surface area contributed by atoms with Gasteiger partial charge in [-0.2, -0.15) is 0 Å². The van der Waals surface area contributed by atoms with Crippen molar-refractivity contribution in [1.82, 2.24) is 15.0 Å². The van der Waals surface area contributed by atoms with E-state index in [2.05, 4.69) is 19.9 Å². The molecule has 0 N–H and O–H groups in total. The number of benzene rings is 1. The van der Waals surface area contributed by atoms with Crippen LogP contribution < -0.4 is 4.90 Å². The Hall–Kier alpha value is -2.73. The summed E-state index contributed by atoms with van der Waals surface area (Å²) in [6.07, 6.45) is 4.56. The fraction of sp³-hybridized carbons (Fsp3) is 0.300. The first-order valence-electron chi connectivity index (χ1n) is 8.87. The highest BCUT2D eigenvalue weighted by atomic mass is 19.1. The minimum absolute atomic E-state index is 0.194. The molecule has 5 nitrogen and oxygen atoms in total. The largest absolute Gasteiger partial charge is 0.370 e. The summed E-state index contributed by atoms with van der Waals surface area (Å²) in [5.74, 6) is 0.674. The van der Waals surface area contributed by atoms with Crippen LogP contribution in [0.4, 0.5) is 10.1 Å². The van der Waals surface area contributed by atoms with E-state index in [1.807, 2.05) is 30.3 Å². The third-order valence-corrected chi connectivity index (χ3v) is 4.69. The first kappa shape index (κ1) is 16.7.